The smallest absolute Gasteiger partial charge is 0.312 e. The second-order valence-electron chi connectivity index (χ2n) is 4.27. The molecule has 0 aromatic heterocycles. The number of halogens is 1. The third-order valence-corrected chi connectivity index (χ3v) is 2.97. The van der Waals surface area contributed by atoms with Crippen molar-refractivity contribution < 1.29 is 9.66 Å². The fourth-order valence-electron chi connectivity index (χ4n) is 1.55. The molecule has 0 saturated heterocycles. The lowest BCUT2D eigenvalue weighted by Gasteiger charge is -2.11. The van der Waals surface area contributed by atoms with Gasteiger partial charge < -0.3 is 4.74 Å². The van der Waals surface area contributed by atoms with Gasteiger partial charge in [0.1, 0.15) is 0 Å². The first-order chi connectivity index (χ1) is 9.08. The SMILES string of the molecule is CC(CCCl)CCOc1ccc(C#N)cc1[N+](=O)[O-]. The molecular formula is C13H15ClN2O3. The van der Waals surface area contributed by atoms with Crippen molar-refractivity contribution in [2.75, 3.05) is 12.5 Å². The van der Waals surface area contributed by atoms with E-state index in [1.807, 2.05) is 6.07 Å². The number of nitrogens with zero attached hydrogens (tertiary/aromatic N) is 2. The van der Waals surface area contributed by atoms with Gasteiger partial charge in [0.15, 0.2) is 5.75 Å². The summed E-state index contributed by atoms with van der Waals surface area (Å²) in [5.74, 6) is 1.20. The van der Waals surface area contributed by atoms with E-state index in [-0.39, 0.29) is 17.0 Å². The van der Waals surface area contributed by atoms with Gasteiger partial charge in [-0.25, -0.2) is 0 Å². The predicted molar refractivity (Wildman–Crippen MR) is 72.4 cm³/mol. The highest BCUT2D eigenvalue weighted by Crippen LogP contribution is 2.28. The van der Waals surface area contributed by atoms with Crippen LogP contribution < -0.4 is 4.74 Å². The maximum atomic E-state index is 10.9. The van der Waals surface area contributed by atoms with Crippen molar-refractivity contribution in [3.05, 3.63) is 33.9 Å². The highest BCUT2D eigenvalue weighted by molar-refractivity contribution is 6.17. The molecule has 1 rings (SSSR count). The van der Waals surface area contributed by atoms with E-state index < -0.39 is 4.92 Å². The molecule has 19 heavy (non-hydrogen) atoms. The molecule has 1 aromatic rings. The standard InChI is InChI=1S/C13H15ClN2O3/c1-10(4-6-14)5-7-19-13-3-2-11(9-15)8-12(13)16(17)18/h2-3,8,10H,4-7H2,1H3. The summed E-state index contributed by atoms with van der Waals surface area (Å²) in [6.07, 6.45) is 1.67. The topological polar surface area (TPSA) is 76.2 Å². The molecule has 0 bridgehead atoms. The average Bonchev–Trinajstić information content (AvgIpc) is 2.39. The molecule has 0 spiro atoms. The maximum absolute atomic E-state index is 10.9. The molecule has 102 valence electrons. The molecule has 0 heterocycles. The quantitative estimate of drug-likeness (QED) is 0.436. The number of hydrogen-bond donors (Lipinski definition) is 0. The number of nitro groups is 1. The zero-order chi connectivity index (χ0) is 14.3. The molecule has 0 aliphatic carbocycles. The molecule has 5 nitrogen and oxygen atoms in total. The monoisotopic (exact) mass is 282 g/mol. The molecule has 0 aliphatic heterocycles. The van der Waals surface area contributed by atoms with E-state index in [1.54, 1.807) is 0 Å². The Balaban J connectivity index is 2.68. The summed E-state index contributed by atoms with van der Waals surface area (Å²) in [4.78, 5) is 10.3. The molecule has 1 aromatic carbocycles. The first kappa shape index (κ1) is 15.3. The van der Waals surface area contributed by atoms with Crippen molar-refractivity contribution in [2.45, 2.75) is 19.8 Å². The van der Waals surface area contributed by atoms with E-state index in [0.29, 0.717) is 18.4 Å². The van der Waals surface area contributed by atoms with Crippen molar-refractivity contribution in [1.82, 2.24) is 0 Å². The van der Waals surface area contributed by atoms with Crippen LogP contribution in [0.4, 0.5) is 5.69 Å². The van der Waals surface area contributed by atoms with Gasteiger partial charge in [-0.15, -0.1) is 11.6 Å². The van der Waals surface area contributed by atoms with Crippen LogP contribution in [-0.2, 0) is 0 Å². The van der Waals surface area contributed by atoms with Gasteiger partial charge in [0, 0.05) is 11.9 Å². The maximum Gasteiger partial charge on any atom is 0.312 e. The predicted octanol–water partition coefficient (Wildman–Crippen LogP) is 3.50. The Morgan fingerprint density at radius 2 is 2.26 bits per heavy atom. The number of ether oxygens (including phenoxy) is 1. The minimum atomic E-state index is -0.543. The summed E-state index contributed by atoms with van der Waals surface area (Å²) < 4.78 is 5.42. The number of hydrogen-bond acceptors (Lipinski definition) is 4. The minimum Gasteiger partial charge on any atom is -0.487 e. The summed E-state index contributed by atoms with van der Waals surface area (Å²) in [7, 11) is 0. The molecule has 0 fully saturated rings. The molecular weight excluding hydrogens is 268 g/mol. The van der Waals surface area contributed by atoms with Crippen LogP contribution in [-0.4, -0.2) is 17.4 Å². The van der Waals surface area contributed by atoms with Gasteiger partial charge in [0.25, 0.3) is 0 Å². The lowest BCUT2D eigenvalue weighted by molar-refractivity contribution is -0.385. The van der Waals surface area contributed by atoms with Crippen LogP contribution in [0.3, 0.4) is 0 Å². The van der Waals surface area contributed by atoms with Crippen molar-refractivity contribution in [3.63, 3.8) is 0 Å². The van der Waals surface area contributed by atoms with Crippen LogP contribution in [0.25, 0.3) is 0 Å². The van der Waals surface area contributed by atoms with Gasteiger partial charge in [-0.2, -0.15) is 5.26 Å². The van der Waals surface area contributed by atoms with Crippen LogP contribution in [0.5, 0.6) is 5.75 Å². The second kappa shape index (κ2) is 7.59. The Bertz CT molecular complexity index is 485. The Morgan fingerprint density at radius 1 is 1.53 bits per heavy atom. The van der Waals surface area contributed by atoms with Gasteiger partial charge in [0.05, 0.1) is 23.2 Å². The third-order valence-electron chi connectivity index (χ3n) is 2.75. The van der Waals surface area contributed by atoms with Gasteiger partial charge in [0.2, 0.25) is 0 Å². The van der Waals surface area contributed by atoms with Crippen LogP contribution in [0, 0.1) is 27.4 Å². The number of rotatable bonds is 7. The lowest BCUT2D eigenvalue weighted by Crippen LogP contribution is -2.06. The molecule has 0 aliphatic rings. The number of benzene rings is 1. The highest BCUT2D eigenvalue weighted by atomic mass is 35.5. The van der Waals surface area contributed by atoms with E-state index >= 15 is 0 Å². The van der Waals surface area contributed by atoms with Gasteiger partial charge >= 0.3 is 5.69 Å². The second-order valence-corrected chi connectivity index (χ2v) is 4.65. The molecule has 0 saturated carbocycles. The fourth-order valence-corrected chi connectivity index (χ4v) is 1.92. The third kappa shape index (κ3) is 4.76. The van der Waals surface area contributed by atoms with E-state index in [9.17, 15) is 10.1 Å². The molecule has 0 N–H and O–H groups in total. The van der Waals surface area contributed by atoms with Gasteiger partial charge in [-0.1, -0.05) is 6.92 Å². The normalized spacial score (nSPS) is 11.6. The molecule has 0 radical (unpaired) electrons. The number of nitriles is 1. The van der Waals surface area contributed by atoms with E-state index in [0.717, 1.165) is 12.8 Å². The minimum absolute atomic E-state index is 0.177. The molecule has 1 unspecified atom stereocenters. The first-order valence-electron chi connectivity index (χ1n) is 5.95. The Hall–Kier alpha value is -1.80. The van der Waals surface area contributed by atoms with E-state index in [1.165, 1.54) is 18.2 Å². The van der Waals surface area contributed by atoms with E-state index in [2.05, 4.69) is 6.92 Å². The summed E-state index contributed by atoms with van der Waals surface area (Å²) >= 11 is 5.63. The Kier molecular flexibility index (Phi) is 6.10. The Labute approximate surface area is 116 Å². The molecule has 6 heteroatoms. The van der Waals surface area contributed by atoms with Gasteiger partial charge in [-0.3, -0.25) is 10.1 Å². The summed E-state index contributed by atoms with van der Waals surface area (Å²) in [5, 5.41) is 19.6. The average molecular weight is 283 g/mol. The van der Waals surface area contributed by atoms with Crippen LogP contribution >= 0.6 is 11.6 Å². The zero-order valence-corrected chi connectivity index (χ0v) is 11.4. The van der Waals surface area contributed by atoms with Crippen LogP contribution in [0.15, 0.2) is 18.2 Å². The van der Waals surface area contributed by atoms with Crippen molar-refractivity contribution in [1.29, 1.82) is 5.26 Å². The zero-order valence-electron chi connectivity index (χ0n) is 10.6. The van der Waals surface area contributed by atoms with Gasteiger partial charge in [-0.05, 0) is 30.9 Å². The molecule has 1 atom stereocenters. The number of nitro benzene ring substituents is 1. The van der Waals surface area contributed by atoms with Crippen molar-refractivity contribution >= 4 is 17.3 Å². The number of alkyl halides is 1. The summed E-state index contributed by atoms with van der Waals surface area (Å²) in [6, 6.07) is 6.05. The lowest BCUT2D eigenvalue weighted by atomic mass is 10.1. The van der Waals surface area contributed by atoms with Crippen molar-refractivity contribution in [3.8, 4) is 11.8 Å². The fraction of sp³-hybridized carbons (Fsp3) is 0.462. The van der Waals surface area contributed by atoms with E-state index in [4.69, 9.17) is 21.6 Å². The Morgan fingerprint density at radius 3 is 2.84 bits per heavy atom. The molecule has 0 amide bonds. The summed E-state index contributed by atoms with van der Waals surface area (Å²) in [6.45, 7) is 2.45. The van der Waals surface area contributed by atoms with Crippen molar-refractivity contribution in [2.24, 2.45) is 5.92 Å². The highest BCUT2D eigenvalue weighted by Gasteiger charge is 2.16. The summed E-state index contributed by atoms with van der Waals surface area (Å²) in [5.41, 5.74) is 0.0682. The van der Waals surface area contributed by atoms with Crippen LogP contribution in [0.2, 0.25) is 0 Å². The first-order valence-corrected chi connectivity index (χ1v) is 6.49. The van der Waals surface area contributed by atoms with Crippen LogP contribution in [0.1, 0.15) is 25.3 Å². The largest absolute Gasteiger partial charge is 0.487 e.